The smallest absolute Gasteiger partial charge is 0.223 e. The van der Waals surface area contributed by atoms with Gasteiger partial charge >= 0.3 is 0 Å². The number of hydrogen-bond donors (Lipinski definition) is 1. The first kappa shape index (κ1) is 13.9. The number of likely N-dealkylation sites (tertiary alicyclic amines) is 1. The van der Waals surface area contributed by atoms with Crippen molar-refractivity contribution in [1.29, 1.82) is 0 Å². The molecule has 2 N–H and O–H groups in total. The molecular formula is C15H28N2O. The summed E-state index contributed by atoms with van der Waals surface area (Å²) in [7, 11) is 0. The quantitative estimate of drug-likeness (QED) is 0.821. The minimum absolute atomic E-state index is 0.248. The molecular weight excluding hydrogens is 224 g/mol. The third-order valence-electron chi connectivity index (χ3n) is 4.89. The first-order chi connectivity index (χ1) is 8.59. The van der Waals surface area contributed by atoms with E-state index in [0.717, 1.165) is 25.7 Å². The van der Waals surface area contributed by atoms with Gasteiger partial charge in [0.25, 0.3) is 0 Å². The lowest BCUT2D eigenvalue weighted by Crippen LogP contribution is -2.49. The van der Waals surface area contributed by atoms with Gasteiger partial charge in [-0.05, 0) is 51.9 Å². The number of amides is 1. The van der Waals surface area contributed by atoms with Crippen LogP contribution in [0.1, 0.15) is 65.2 Å². The fourth-order valence-corrected chi connectivity index (χ4v) is 3.73. The van der Waals surface area contributed by atoms with Crippen LogP contribution in [0, 0.1) is 5.92 Å². The summed E-state index contributed by atoms with van der Waals surface area (Å²) in [5, 5.41) is 0. The van der Waals surface area contributed by atoms with Crippen molar-refractivity contribution >= 4 is 5.91 Å². The van der Waals surface area contributed by atoms with Gasteiger partial charge in [0.05, 0.1) is 0 Å². The highest BCUT2D eigenvalue weighted by Gasteiger charge is 2.32. The van der Waals surface area contributed by atoms with Crippen LogP contribution in [0.2, 0.25) is 0 Å². The molecule has 1 amide bonds. The van der Waals surface area contributed by atoms with Gasteiger partial charge in [-0.2, -0.15) is 0 Å². The van der Waals surface area contributed by atoms with Crippen LogP contribution in [0.3, 0.4) is 0 Å². The summed E-state index contributed by atoms with van der Waals surface area (Å²) in [6.45, 7) is 4.38. The van der Waals surface area contributed by atoms with Crippen molar-refractivity contribution in [2.24, 2.45) is 11.7 Å². The van der Waals surface area contributed by atoms with E-state index >= 15 is 0 Å². The molecule has 2 fully saturated rings. The first-order valence-electron chi connectivity index (χ1n) is 7.66. The van der Waals surface area contributed by atoms with Crippen LogP contribution in [-0.4, -0.2) is 28.9 Å². The lowest BCUT2D eigenvalue weighted by molar-refractivity contribution is -0.138. The van der Waals surface area contributed by atoms with Crippen LogP contribution in [0.25, 0.3) is 0 Å². The predicted molar refractivity (Wildman–Crippen MR) is 74.2 cm³/mol. The van der Waals surface area contributed by atoms with Gasteiger partial charge in [-0.1, -0.05) is 12.8 Å². The van der Waals surface area contributed by atoms with E-state index in [-0.39, 0.29) is 6.04 Å². The summed E-state index contributed by atoms with van der Waals surface area (Å²) in [5.41, 5.74) is 6.16. The largest absolute Gasteiger partial charge is 0.337 e. The van der Waals surface area contributed by atoms with Crippen molar-refractivity contribution in [3.8, 4) is 0 Å². The summed E-state index contributed by atoms with van der Waals surface area (Å²) in [6, 6.07) is 1.08. The van der Waals surface area contributed by atoms with E-state index in [0.29, 0.717) is 30.3 Å². The number of hydrogen-bond acceptors (Lipinski definition) is 2. The summed E-state index contributed by atoms with van der Waals surface area (Å²) >= 11 is 0. The molecule has 0 aromatic carbocycles. The molecule has 4 atom stereocenters. The van der Waals surface area contributed by atoms with E-state index in [1.165, 1.54) is 19.3 Å². The maximum atomic E-state index is 12.5. The van der Waals surface area contributed by atoms with Gasteiger partial charge in [-0.25, -0.2) is 0 Å². The van der Waals surface area contributed by atoms with Crippen molar-refractivity contribution in [2.45, 2.75) is 83.3 Å². The monoisotopic (exact) mass is 252 g/mol. The molecule has 0 spiro atoms. The molecule has 18 heavy (non-hydrogen) atoms. The third-order valence-corrected chi connectivity index (χ3v) is 4.89. The van der Waals surface area contributed by atoms with Crippen LogP contribution < -0.4 is 5.73 Å². The number of nitrogens with zero attached hydrogens (tertiary/aromatic N) is 1. The van der Waals surface area contributed by atoms with Crippen molar-refractivity contribution in [3.63, 3.8) is 0 Å². The topological polar surface area (TPSA) is 46.3 Å². The van der Waals surface area contributed by atoms with Crippen molar-refractivity contribution in [2.75, 3.05) is 0 Å². The Morgan fingerprint density at radius 2 is 1.67 bits per heavy atom. The molecule has 104 valence electrons. The Kier molecular flexibility index (Phi) is 4.66. The molecule has 2 aliphatic rings. The Balaban J connectivity index is 1.93. The molecule has 1 saturated carbocycles. The molecule has 3 nitrogen and oxygen atoms in total. The minimum atomic E-state index is 0.248. The summed E-state index contributed by atoms with van der Waals surface area (Å²) in [4.78, 5) is 14.6. The summed E-state index contributed by atoms with van der Waals surface area (Å²) < 4.78 is 0. The first-order valence-corrected chi connectivity index (χ1v) is 7.66. The second kappa shape index (κ2) is 6.05. The molecule has 2 rings (SSSR count). The van der Waals surface area contributed by atoms with E-state index in [1.807, 2.05) is 0 Å². The van der Waals surface area contributed by atoms with Crippen LogP contribution in [0.4, 0.5) is 0 Å². The van der Waals surface area contributed by atoms with Gasteiger partial charge in [0.2, 0.25) is 5.91 Å². The van der Waals surface area contributed by atoms with E-state index in [2.05, 4.69) is 18.7 Å². The van der Waals surface area contributed by atoms with Gasteiger partial charge in [0.15, 0.2) is 0 Å². The third kappa shape index (κ3) is 3.05. The van der Waals surface area contributed by atoms with Crippen LogP contribution in [0.5, 0.6) is 0 Å². The molecule has 0 aromatic rings. The van der Waals surface area contributed by atoms with Gasteiger partial charge in [-0.3, -0.25) is 4.79 Å². The fraction of sp³-hybridized carbons (Fsp3) is 0.933. The number of rotatable bonds is 2. The zero-order chi connectivity index (χ0) is 13.1. The Bertz CT molecular complexity index is 282. The summed E-state index contributed by atoms with van der Waals surface area (Å²) in [5.74, 6) is 0.768. The Morgan fingerprint density at radius 3 is 2.28 bits per heavy atom. The number of carbonyl (C=O) groups is 1. The van der Waals surface area contributed by atoms with Crippen molar-refractivity contribution in [1.82, 2.24) is 4.90 Å². The molecule has 0 aromatic heterocycles. The Morgan fingerprint density at radius 1 is 1.06 bits per heavy atom. The highest BCUT2D eigenvalue weighted by molar-refractivity contribution is 5.77. The van der Waals surface area contributed by atoms with Crippen LogP contribution in [0.15, 0.2) is 0 Å². The Labute approximate surface area is 111 Å². The minimum Gasteiger partial charge on any atom is -0.337 e. The normalized spacial score (nSPS) is 37.6. The highest BCUT2D eigenvalue weighted by Crippen LogP contribution is 2.29. The maximum Gasteiger partial charge on any atom is 0.223 e. The second-order valence-corrected chi connectivity index (χ2v) is 6.34. The average molecular weight is 252 g/mol. The average Bonchev–Trinajstić information content (AvgIpc) is 2.32. The van der Waals surface area contributed by atoms with Crippen LogP contribution in [-0.2, 0) is 4.79 Å². The summed E-state index contributed by atoms with van der Waals surface area (Å²) in [6.07, 6.45) is 8.98. The van der Waals surface area contributed by atoms with Gasteiger partial charge < -0.3 is 10.6 Å². The molecule has 1 heterocycles. The molecule has 0 bridgehead atoms. The van der Waals surface area contributed by atoms with E-state index in [9.17, 15) is 4.79 Å². The van der Waals surface area contributed by atoms with Gasteiger partial charge in [0.1, 0.15) is 0 Å². The van der Waals surface area contributed by atoms with Gasteiger partial charge in [-0.15, -0.1) is 0 Å². The zero-order valence-electron chi connectivity index (χ0n) is 11.9. The lowest BCUT2D eigenvalue weighted by Gasteiger charge is -2.40. The SMILES string of the molecule is C[C@@H]1CCC[C@H](C)N1C(=O)CC1CCCCC1N. The van der Waals surface area contributed by atoms with E-state index in [1.54, 1.807) is 0 Å². The standard InChI is InChI=1S/C15H28N2O/c1-11-6-5-7-12(2)17(11)15(18)10-13-8-3-4-9-14(13)16/h11-14H,3-10,16H2,1-2H3/t11-,12+,13?,14?. The van der Waals surface area contributed by atoms with Crippen LogP contribution >= 0.6 is 0 Å². The van der Waals surface area contributed by atoms with Crippen molar-refractivity contribution < 1.29 is 4.79 Å². The van der Waals surface area contributed by atoms with Gasteiger partial charge in [0, 0.05) is 24.5 Å². The maximum absolute atomic E-state index is 12.5. The molecule has 1 aliphatic carbocycles. The lowest BCUT2D eigenvalue weighted by atomic mass is 9.82. The molecule has 2 unspecified atom stereocenters. The molecule has 1 saturated heterocycles. The predicted octanol–water partition coefficient (Wildman–Crippen LogP) is 2.68. The molecule has 1 aliphatic heterocycles. The number of piperidine rings is 1. The molecule has 3 heteroatoms. The van der Waals surface area contributed by atoms with Crippen molar-refractivity contribution in [3.05, 3.63) is 0 Å². The van der Waals surface area contributed by atoms with E-state index < -0.39 is 0 Å². The number of carbonyl (C=O) groups excluding carboxylic acids is 1. The Hall–Kier alpha value is -0.570. The second-order valence-electron chi connectivity index (χ2n) is 6.34. The molecule has 0 radical (unpaired) electrons. The van der Waals surface area contributed by atoms with E-state index in [4.69, 9.17) is 5.73 Å². The zero-order valence-corrected chi connectivity index (χ0v) is 11.9. The fourth-order valence-electron chi connectivity index (χ4n) is 3.73. The number of nitrogens with two attached hydrogens (primary N) is 1. The highest BCUT2D eigenvalue weighted by atomic mass is 16.2.